The Bertz CT molecular complexity index is 587. The highest BCUT2D eigenvalue weighted by atomic mass is 79.9. The molecule has 1 heterocycles. The molecule has 0 atom stereocenters. The quantitative estimate of drug-likeness (QED) is 0.927. The Balaban J connectivity index is 2.13. The molecule has 0 unspecified atom stereocenters. The van der Waals surface area contributed by atoms with Crippen LogP contribution in [0.5, 0.6) is 0 Å². The maximum Gasteiger partial charge on any atom is 0.203 e. The van der Waals surface area contributed by atoms with Gasteiger partial charge in [-0.3, -0.25) is 0 Å². The fourth-order valence-corrected chi connectivity index (χ4v) is 2.66. The van der Waals surface area contributed by atoms with Crippen molar-refractivity contribution in [2.24, 2.45) is 0 Å². The number of nitrogens with zero attached hydrogens (tertiary/aromatic N) is 1. The van der Waals surface area contributed by atoms with Crippen molar-refractivity contribution in [3.05, 3.63) is 51.4 Å². The fraction of sp³-hybridized carbons (Fsp3) is 0.214. The molecular formula is C14H13BrN2O. The topological polar surface area (TPSA) is 49.0 Å². The SMILES string of the molecule is Cc1cc(C)c(NCc2ccc(C#N)o2)c(Br)c1. The molecule has 1 N–H and O–H groups in total. The predicted molar refractivity (Wildman–Crippen MR) is 74.4 cm³/mol. The maximum absolute atomic E-state index is 8.68. The summed E-state index contributed by atoms with van der Waals surface area (Å²) in [5, 5.41) is 12.0. The van der Waals surface area contributed by atoms with Gasteiger partial charge in [-0.25, -0.2) is 0 Å². The summed E-state index contributed by atoms with van der Waals surface area (Å²) >= 11 is 3.54. The number of anilines is 1. The highest BCUT2D eigenvalue weighted by Gasteiger charge is 2.06. The van der Waals surface area contributed by atoms with Crippen LogP contribution in [-0.2, 0) is 6.54 Å². The van der Waals surface area contributed by atoms with Crippen LogP contribution in [0.25, 0.3) is 0 Å². The molecule has 0 radical (unpaired) electrons. The van der Waals surface area contributed by atoms with Gasteiger partial charge in [0, 0.05) is 4.47 Å². The van der Waals surface area contributed by atoms with Crippen LogP contribution in [0.3, 0.4) is 0 Å². The van der Waals surface area contributed by atoms with Gasteiger partial charge >= 0.3 is 0 Å². The molecule has 0 fully saturated rings. The lowest BCUT2D eigenvalue weighted by atomic mass is 10.1. The zero-order chi connectivity index (χ0) is 13.1. The van der Waals surface area contributed by atoms with Gasteiger partial charge in [-0.05, 0) is 59.1 Å². The highest BCUT2D eigenvalue weighted by molar-refractivity contribution is 9.10. The molecular weight excluding hydrogens is 292 g/mol. The van der Waals surface area contributed by atoms with E-state index in [9.17, 15) is 0 Å². The minimum absolute atomic E-state index is 0.339. The number of benzene rings is 1. The molecule has 4 heteroatoms. The Morgan fingerprint density at radius 2 is 2.11 bits per heavy atom. The second-order valence-corrected chi connectivity index (χ2v) is 5.02. The molecule has 1 aromatic carbocycles. The van der Waals surface area contributed by atoms with Gasteiger partial charge in [0.2, 0.25) is 5.76 Å². The molecule has 1 aromatic heterocycles. The first-order valence-corrected chi connectivity index (χ1v) is 6.39. The first-order chi connectivity index (χ1) is 8.60. The number of aryl methyl sites for hydroxylation is 2. The largest absolute Gasteiger partial charge is 0.449 e. The fourth-order valence-electron chi connectivity index (χ4n) is 1.85. The van der Waals surface area contributed by atoms with Gasteiger partial charge in [0.25, 0.3) is 0 Å². The van der Waals surface area contributed by atoms with E-state index in [1.807, 2.05) is 12.1 Å². The lowest BCUT2D eigenvalue weighted by Crippen LogP contribution is -2.01. The third-order valence-corrected chi connectivity index (χ3v) is 3.27. The van der Waals surface area contributed by atoms with E-state index in [4.69, 9.17) is 9.68 Å². The number of rotatable bonds is 3. The maximum atomic E-state index is 8.68. The van der Waals surface area contributed by atoms with Gasteiger partial charge in [0.05, 0.1) is 12.2 Å². The number of halogens is 1. The predicted octanol–water partition coefficient (Wildman–Crippen LogP) is 4.14. The van der Waals surface area contributed by atoms with Crippen molar-refractivity contribution < 1.29 is 4.42 Å². The Hall–Kier alpha value is -1.73. The zero-order valence-electron chi connectivity index (χ0n) is 10.2. The smallest absolute Gasteiger partial charge is 0.203 e. The normalized spacial score (nSPS) is 10.1. The molecule has 0 aliphatic carbocycles. The molecule has 2 aromatic rings. The average molecular weight is 305 g/mol. The summed E-state index contributed by atoms with van der Waals surface area (Å²) in [7, 11) is 0. The molecule has 0 saturated carbocycles. The van der Waals surface area contributed by atoms with Crippen LogP contribution in [0.15, 0.2) is 33.2 Å². The number of nitriles is 1. The lowest BCUT2D eigenvalue weighted by Gasteiger charge is -2.11. The third kappa shape index (κ3) is 2.74. The molecule has 0 saturated heterocycles. The molecule has 3 nitrogen and oxygen atoms in total. The van der Waals surface area contributed by atoms with Crippen LogP contribution >= 0.6 is 15.9 Å². The Morgan fingerprint density at radius 1 is 1.33 bits per heavy atom. The van der Waals surface area contributed by atoms with Gasteiger partial charge in [-0.2, -0.15) is 5.26 Å². The van der Waals surface area contributed by atoms with Crippen molar-refractivity contribution in [1.29, 1.82) is 5.26 Å². The van der Waals surface area contributed by atoms with Crippen LogP contribution in [0, 0.1) is 25.2 Å². The second kappa shape index (κ2) is 5.28. The minimum Gasteiger partial charge on any atom is -0.449 e. The first-order valence-electron chi connectivity index (χ1n) is 5.59. The molecule has 0 bridgehead atoms. The Labute approximate surface area is 115 Å². The van der Waals surface area contributed by atoms with Crippen LogP contribution in [-0.4, -0.2) is 0 Å². The standard InChI is InChI=1S/C14H13BrN2O/c1-9-5-10(2)14(13(15)6-9)17-8-12-4-3-11(7-16)18-12/h3-6,17H,8H2,1-2H3. The highest BCUT2D eigenvalue weighted by Crippen LogP contribution is 2.28. The van der Waals surface area contributed by atoms with Crippen LogP contribution in [0.4, 0.5) is 5.69 Å². The summed E-state index contributed by atoms with van der Waals surface area (Å²) in [4.78, 5) is 0. The van der Waals surface area contributed by atoms with Crippen molar-refractivity contribution in [3.63, 3.8) is 0 Å². The van der Waals surface area contributed by atoms with E-state index in [0.717, 1.165) is 15.9 Å². The number of hydrogen-bond acceptors (Lipinski definition) is 3. The van der Waals surface area contributed by atoms with Crippen molar-refractivity contribution in [2.75, 3.05) is 5.32 Å². The summed E-state index contributed by atoms with van der Waals surface area (Å²) < 4.78 is 6.35. The van der Waals surface area contributed by atoms with Gasteiger partial charge in [-0.1, -0.05) is 6.07 Å². The van der Waals surface area contributed by atoms with Crippen LogP contribution < -0.4 is 5.32 Å². The molecule has 0 aliphatic heterocycles. The Morgan fingerprint density at radius 3 is 2.72 bits per heavy atom. The molecule has 0 aliphatic rings. The molecule has 0 spiro atoms. The molecule has 0 amide bonds. The number of nitrogens with one attached hydrogen (secondary N) is 1. The molecule has 2 rings (SSSR count). The van der Waals surface area contributed by atoms with Gasteiger partial charge in [-0.15, -0.1) is 0 Å². The molecule has 92 valence electrons. The second-order valence-electron chi connectivity index (χ2n) is 4.17. The van der Waals surface area contributed by atoms with Crippen molar-refractivity contribution in [2.45, 2.75) is 20.4 Å². The summed E-state index contributed by atoms with van der Waals surface area (Å²) in [6, 6.07) is 9.64. The van der Waals surface area contributed by atoms with E-state index < -0.39 is 0 Å². The van der Waals surface area contributed by atoms with Gasteiger partial charge < -0.3 is 9.73 Å². The van der Waals surface area contributed by atoms with Gasteiger partial charge in [0.1, 0.15) is 11.8 Å². The van der Waals surface area contributed by atoms with Crippen molar-refractivity contribution >= 4 is 21.6 Å². The first kappa shape index (κ1) is 12.7. The van der Waals surface area contributed by atoms with Crippen LogP contribution in [0.1, 0.15) is 22.6 Å². The average Bonchev–Trinajstić information content (AvgIpc) is 2.75. The minimum atomic E-state index is 0.339. The monoisotopic (exact) mass is 304 g/mol. The summed E-state index contributed by atoms with van der Waals surface area (Å²) in [5.74, 6) is 1.09. The van der Waals surface area contributed by atoms with E-state index in [-0.39, 0.29) is 0 Å². The number of hydrogen-bond donors (Lipinski definition) is 1. The van der Waals surface area contributed by atoms with Crippen LogP contribution in [0.2, 0.25) is 0 Å². The van der Waals surface area contributed by atoms with E-state index in [1.165, 1.54) is 11.1 Å². The van der Waals surface area contributed by atoms with E-state index in [1.54, 1.807) is 6.07 Å². The number of furan rings is 1. The molecule has 18 heavy (non-hydrogen) atoms. The summed E-state index contributed by atoms with van der Waals surface area (Å²) in [6.45, 7) is 4.68. The van der Waals surface area contributed by atoms with E-state index >= 15 is 0 Å². The summed E-state index contributed by atoms with van der Waals surface area (Å²) in [5.41, 5.74) is 3.44. The lowest BCUT2D eigenvalue weighted by molar-refractivity contribution is 0.506. The van der Waals surface area contributed by atoms with E-state index in [2.05, 4.69) is 47.2 Å². The zero-order valence-corrected chi connectivity index (χ0v) is 11.8. The van der Waals surface area contributed by atoms with Gasteiger partial charge in [0.15, 0.2) is 0 Å². The summed E-state index contributed by atoms with van der Waals surface area (Å²) in [6.07, 6.45) is 0. The van der Waals surface area contributed by atoms with E-state index in [0.29, 0.717) is 12.3 Å². The Kier molecular flexibility index (Phi) is 3.73. The van der Waals surface area contributed by atoms with Crippen molar-refractivity contribution in [3.8, 4) is 6.07 Å². The van der Waals surface area contributed by atoms with Crippen molar-refractivity contribution in [1.82, 2.24) is 0 Å². The third-order valence-electron chi connectivity index (χ3n) is 2.64.